The number of rotatable bonds is 0. The summed E-state index contributed by atoms with van der Waals surface area (Å²) < 4.78 is 29.0. The summed E-state index contributed by atoms with van der Waals surface area (Å²) >= 11 is 0. The van der Waals surface area contributed by atoms with Crippen LogP contribution < -0.4 is 0 Å². The molecule has 0 aromatic rings. The maximum absolute atomic E-state index is 9.67. The van der Waals surface area contributed by atoms with Crippen LogP contribution in [0.2, 0.25) is 0 Å². The molecule has 0 amide bonds. The second-order valence-electron chi connectivity index (χ2n) is 0.247. The maximum atomic E-state index is 9.67. The number of hydrogen-bond donors (Lipinski definition) is 0. The summed E-state index contributed by atoms with van der Waals surface area (Å²) in [7, 11) is -3.67. The minimum absolute atomic E-state index is 0. The molecule has 0 aromatic carbocycles. The van der Waals surface area contributed by atoms with Gasteiger partial charge in [-0.25, -0.2) is 0 Å². The van der Waals surface area contributed by atoms with E-state index in [1.807, 2.05) is 0 Å². The molecule has 0 heterocycles. The summed E-state index contributed by atoms with van der Waals surface area (Å²) in [6, 6.07) is 0. The van der Waals surface area contributed by atoms with Gasteiger partial charge in [-0.3, -0.25) is 12.9 Å². The molecule has 5 heavy (non-hydrogen) atoms. The van der Waals surface area contributed by atoms with Gasteiger partial charge >= 0.3 is 7.54 Å². The largest absolute Gasteiger partial charge is 0.762 e. The van der Waals surface area contributed by atoms with Gasteiger partial charge in [0.1, 0.15) is 0 Å². The maximum Gasteiger partial charge on any atom is 0.762 e. The first-order chi connectivity index (χ1) is 1.73. The minimum atomic E-state index is -3.67. The quantitative estimate of drug-likeness (QED) is 0.485. The van der Waals surface area contributed by atoms with E-state index in [-0.39, 0.29) is 27.3 Å². The van der Waals surface area contributed by atoms with Gasteiger partial charge in [0.2, 0.25) is 0 Å². The molecule has 26 valence electrons. The van der Waals surface area contributed by atoms with Gasteiger partial charge in [-0.1, -0.05) is 0 Å². The Balaban J connectivity index is 0. The van der Waals surface area contributed by atoms with Gasteiger partial charge in [-0.15, -0.1) is 0 Å². The molecule has 0 N–H and O–H groups in total. The van der Waals surface area contributed by atoms with Crippen LogP contribution in [-0.4, -0.2) is 7.54 Å². The molecular weight excluding hydrogens is 180 g/mol. The van der Waals surface area contributed by atoms with E-state index in [4.69, 9.17) is 0 Å². The Bertz CT molecular complexity index is 11.6. The van der Waals surface area contributed by atoms with Crippen molar-refractivity contribution in [3.63, 3.8) is 0 Å². The Morgan fingerprint density at radius 2 is 1.00 bits per heavy atom. The monoisotopic (exact) mass is 182 g/mol. The fourth-order valence-electron chi connectivity index (χ4n) is 0. The summed E-state index contributed by atoms with van der Waals surface area (Å²) in [6.45, 7) is 0. The van der Waals surface area contributed by atoms with Crippen molar-refractivity contribution in [1.82, 2.24) is 0 Å². The van der Waals surface area contributed by atoms with Gasteiger partial charge in [0.15, 0.2) is 0 Å². The molecule has 0 saturated heterocycles. The van der Waals surface area contributed by atoms with E-state index in [0.29, 0.717) is 0 Å². The van der Waals surface area contributed by atoms with E-state index in [1.54, 1.807) is 0 Å². The molecule has 0 radical (unpaired) electrons. The van der Waals surface area contributed by atoms with Crippen molar-refractivity contribution >= 4 is 7.54 Å². The van der Waals surface area contributed by atoms with E-state index in [9.17, 15) is 12.9 Å². The van der Waals surface area contributed by atoms with Crippen LogP contribution in [0.3, 0.4) is 0 Å². The summed E-state index contributed by atoms with van der Waals surface area (Å²) in [5.41, 5.74) is 0. The smallest absolute Gasteiger partial charge is 0.254 e. The Morgan fingerprint density at radius 3 is 1.00 bits per heavy atom. The van der Waals surface area contributed by atoms with Crippen molar-refractivity contribution in [1.29, 1.82) is 0 Å². The molecule has 0 aliphatic rings. The molecule has 0 unspecified atom stereocenters. The molecule has 0 aliphatic heterocycles. The average molecular weight is 180 g/mol. The summed E-state index contributed by atoms with van der Waals surface area (Å²) in [4.78, 5) is 0. The van der Waals surface area contributed by atoms with Crippen LogP contribution in [0.5, 0.6) is 0 Å². The Morgan fingerprint density at radius 1 is 1.00 bits per heavy atom. The Hall–Kier alpha value is 0.777. The van der Waals surface area contributed by atoms with Gasteiger partial charge in [-0.2, -0.15) is 0 Å². The second-order valence-corrected chi connectivity index (χ2v) is 0.247. The molecule has 0 rings (SSSR count). The van der Waals surface area contributed by atoms with Gasteiger partial charge in [0.25, 0.3) is 0 Å². The third-order valence-electron chi connectivity index (χ3n) is 0. The van der Waals surface area contributed by atoms with Crippen molar-refractivity contribution in [3.05, 3.63) is 0 Å². The predicted octanol–water partition coefficient (Wildman–Crippen LogP) is 0.877. The average Bonchev–Trinajstić information content (AvgIpc) is 0.811. The molecule has 5 heteroatoms. The van der Waals surface area contributed by atoms with Crippen molar-refractivity contribution < 1.29 is 40.2 Å². The Labute approximate surface area is 48.1 Å². The minimum Gasteiger partial charge on any atom is -0.254 e. The van der Waals surface area contributed by atoms with Crippen LogP contribution in [0.25, 0.3) is 0 Å². The zero-order valence-corrected chi connectivity index (χ0v) is 6.45. The van der Waals surface area contributed by atoms with E-state index in [2.05, 4.69) is 0 Å². The van der Waals surface area contributed by atoms with Crippen LogP contribution in [0.4, 0.5) is 12.9 Å². The second kappa shape index (κ2) is 4.78. The first-order valence-electron chi connectivity index (χ1n) is 0.655. The molecule has 0 saturated carbocycles. The van der Waals surface area contributed by atoms with E-state index >= 15 is 0 Å². The van der Waals surface area contributed by atoms with Crippen LogP contribution >= 0.6 is 0 Å². The van der Waals surface area contributed by atoms with E-state index in [0.717, 1.165) is 0 Å². The first-order valence-corrected chi connectivity index (χ1v) is 0.655. The van der Waals surface area contributed by atoms with Crippen molar-refractivity contribution in [3.8, 4) is 0 Å². The van der Waals surface area contributed by atoms with Crippen LogP contribution in [0.1, 0.15) is 0 Å². The SMILES string of the molecule is FB(F)F.[Cd]. The third kappa shape index (κ3) is 61.0. The van der Waals surface area contributed by atoms with E-state index < -0.39 is 7.54 Å². The zero-order chi connectivity index (χ0) is 3.58. The van der Waals surface area contributed by atoms with Crippen molar-refractivity contribution in [2.75, 3.05) is 0 Å². The summed E-state index contributed by atoms with van der Waals surface area (Å²) in [6.07, 6.45) is 0. The van der Waals surface area contributed by atoms with Gasteiger partial charge < -0.3 is 0 Å². The zero-order valence-electron chi connectivity index (χ0n) is 2.42. The van der Waals surface area contributed by atoms with Crippen molar-refractivity contribution in [2.45, 2.75) is 0 Å². The fraction of sp³-hybridized carbons (Fsp3) is 0. The summed E-state index contributed by atoms with van der Waals surface area (Å²) in [5.74, 6) is 0. The number of hydrogen-bond acceptors (Lipinski definition) is 0. The molecule has 0 aliphatic carbocycles. The van der Waals surface area contributed by atoms with Gasteiger partial charge in [0, 0.05) is 27.3 Å². The number of halogens is 3. The molecule has 0 nitrogen and oxygen atoms in total. The molecule has 0 fully saturated rings. The topological polar surface area (TPSA) is 0 Å². The van der Waals surface area contributed by atoms with E-state index in [1.165, 1.54) is 0 Å². The first kappa shape index (κ1) is 9.24. The molecular formula is BCdF3. The normalized spacial score (nSPS) is 5.40. The Kier molecular flexibility index (Phi) is 8.83. The van der Waals surface area contributed by atoms with Gasteiger partial charge in [-0.05, 0) is 0 Å². The summed E-state index contributed by atoms with van der Waals surface area (Å²) in [5, 5.41) is 0. The van der Waals surface area contributed by atoms with Crippen LogP contribution in [-0.2, 0) is 27.3 Å². The predicted molar refractivity (Wildman–Crippen MR) is 9.08 cm³/mol. The van der Waals surface area contributed by atoms with Gasteiger partial charge in [0.05, 0.1) is 0 Å². The van der Waals surface area contributed by atoms with Crippen LogP contribution in [0, 0.1) is 0 Å². The standard InChI is InChI=1S/BF3.Cd/c2-1(3)4;. The van der Waals surface area contributed by atoms with Crippen molar-refractivity contribution in [2.24, 2.45) is 0 Å². The molecule has 0 bridgehead atoms. The molecule has 0 spiro atoms. The fourth-order valence-corrected chi connectivity index (χ4v) is 0. The third-order valence-corrected chi connectivity index (χ3v) is 0. The van der Waals surface area contributed by atoms with Crippen LogP contribution in [0.15, 0.2) is 0 Å². The molecule has 0 atom stereocenters. The molecule has 0 aromatic heterocycles.